The Balaban J connectivity index is 2.44. The smallest absolute Gasteiger partial charge is 0.0583 e. The fourth-order valence-corrected chi connectivity index (χ4v) is 3.44. The van der Waals surface area contributed by atoms with E-state index in [1.54, 1.807) is 0 Å². The van der Waals surface area contributed by atoms with Crippen molar-refractivity contribution in [3.05, 3.63) is 23.3 Å². The molecule has 0 aliphatic heterocycles. The number of benzene rings is 1. The Morgan fingerprint density at radius 1 is 0.625 bits per heavy atom. The summed E-state index contributed by atoms with van der Waals surface area (Å²) in [6.07, 6.45) is 18.2. The molecular formula is C22H40N2. The van der Waals surface area contributed by atoms with Gasteiger partial charge in [0, 0.05) is 0 Å². The Labute approximate surface area is 150 Å². The quantitative estimate of drug-likeness (QED) is 0.296. The molecule has 0 radical (unpaired) electrons. The first-order valence-corrected chi connectivity index (χ1v) is 10.4. The molecular weight excluding hydrogens is 292 g/mol. The van der Waals surface area contributed by atoms with Crippen LogP contribution in [0.1, 0.15) is 102 Å². The van der Waals surface area contributed by atoms with E-state index < -0.39 is 0 Å². The van der Waals surface area contributed by atoms with Crippen LogP contribution < -0.4 is 11.5 Å². The number of anilines is 2. The van der Waals surface area contributed by atoms with Gasteiger partial charge in [0.1, 0.15) is 0 Å². The van der Waals surface area contributed by atoms with Gasteiger partial charge in [-0.3, -0.25) is 0 Å². The predicted octanol–water partition coefficient (Wildman–Crippen LogP) is 6.66. The van der Waals surface area contributed by atoms with E-state index in [2.05, 4.69) is 19.9 Å². The number of unbranched alkanes of at least 4 members (excludes halogenated alkanes) is 10. The summed E-state index contributed by atoms with van der Waals surface area (Å²) in [5.41, 5.74) is 16.7. The van der Waals surface area contributed by atoms with Crippen LogP contribution in [0.3, 0.4) is 0 Å². The summed E-state index contributed by atoms with van der Waals surface area (Å²) in [4.78, 5) is 0. The van der Waals surface area contributed by atoms with Crippen LogP contribution in [0.15, 0.2) is 12.1 Å². The van der Waals surface area contributed by atoms with Gasteiger partial charge in [0.05, 0.1) is 11.4 Å². The van der Waals surface area contributed by atoms with E-state index in [4.69, 9.17) is 11.5 Å². The Kier molecular flexibility index (Phi) is 11.4. The summed E-state index contributed by atoms with van der Waals surface area (Å²) in [7, 11) is 0. The Morgan fingerprint density at radius 2 is 1.12 bits per heavy atom. The molecule has 138 valence electrons. The molecule has 1 rings (SSSR count). The molecule has 0 aliphatic carbocycles. The van der Waals surface area contributed by atoms with Crippen LogP contribution in [-0.2, 0) is 12.8 Å². The summed E-state index contributed by atoms with van der Waals surface area (Å²) in [5, 5.41) is 0. The molecule has 0 fully saturated rings. The molecule has 0 saturated heterocycles. The fourth-order valence-electron chi connectivity index (χ4n) is 3.44. The summed E-state index contributed by atoms with van der Waals surface area (Å²) in [6.45, 7) is 4.54. The minimum absolute atomic E-state index is 0.752. The molecule has 1 aromatic rings. The average molecular weight is 333 g/mol. The molecule has 0 saturated carbocycles. The second kappa shape index (κ2) is 13.1. The summed E-state index contributed by atoms with van der Waals surface area (Å²) >= 11 is 0. The van der Waals surface area contributed by atoms with Crippen molar-refractivity contribution in [2.45, 2.75) is 104 Å². The van der Waals surface area contributed by atoms with Crippen LogP contribution in [0.2, 0.25) is 0 Å². The lowest BCUT2D eigenvalue weighted by atomic mass is 9.94. The van der Waals surface area contributed by atoms with Gasteiger partial charge in [-0.1, -0.05) is 84.1 Å². The lowest BCUT2D eigenvalue weighted by Gasteiger charge is -2.14. The average Bonchev–Trinajstić information content (AvgIpc) is 2.59. The van der Waals surface area contributed by atoms with Gasteiger partial charge < -0.3 is 11.5 Å². The highest BCUT2D eigenvalue weighted by atomic mass is 14.7. The zero-order valence-corrected chi connectivity index (χ0v) is 16.2. The predicted molar refractivity (Wildman–Crippen MR) is 109 cm³/mol. The number of aryl methyl sites for hydroxylation is 1. The van der Waals surface area contributed by atoms with Crippen LogP contribution in [0, 0.1) is 0 Å². The maximum atomic E-state index is 6.29. The first kappa shape index (κ1) is 20.9. The van der Waals surface area contributed by atoms with Crippen molar-refractivity contribution < 1.29 is 0 Å². The standard InChI is InChI=1S/C22H40N2/c1-3-5-7-9-11-13-15-19-17-18-21(23)22(24)20(19)16-14-12-10-8-6-4-2/h17-18H,3-16,23-24H2,1-2H3. The third-order valence-corrected chi connectivity index (χ3v) is 5.07. The second-order valence-electron chi connectivity index (χ2n) is 7.24. The highest BCUT2D eigenvalue weighted by molar-refractivity contribution is 5.69. The maximum absolute atomic E-state index is 6.29. The van der Waals surface area contributed by atoms with Gasteiger partial charge in [-0.05, 0) is 42.9 Å². The molecule has 0 amide bonds. The first-order valence-electron chi connectivity index (χ1n) is 10.4. The number of rotatable bonds is 14. The van der Waals surface area contributed by atoms with E-state index in [0.29, 0.717) is 0 Å². The topological polar surface area (TPSA) is 52.0 Å². The highest BCUT2D eigenvalue weighted by Crippen LogP contribution is 2.27. The number of nitrogen functional groups attached to an aromatic ring is 2. The molecule has 0 bridgehead atoms. The van der Waals surface area contributed by atoms with E-state index >= 15 is 0 Å². The summed E-state index contributed by atoms with van der Waals surface area (Å²) in [6, 6.07) is 4.21. The molecule has 0 aromatic heterocycles. The van der Waals surface area contributed by atoms with Crippen LogP contribution in [0.4, 0.5) is 11.4 Å². The van der Waals surface area contributed by atoms with Crippen molar-refractivity contribution in [2.24, 2.45) is 0 Å². The Bertz CT molecular complexity index is 440. The van der Waals surface area contributed by atoms with Crippen molar-refractivity contribution >= 4 is 11.4 Å². The van der Waals surface area contributed by atoms with E-state index in [9.17, 15) is 0 Å². The van der Waals surface area contributed by atoms with Gasteiger partial charge in [-0.15, -0.1) is 0 Å². The van der Waals surface area contributed by atoms with Gasteiger partial charge in [0.2, 0.25) is 0 Å². The van der Waals surface area contributed by atoms with Gasteiger partial charge in [-0.2, -0.15) is 0 Å². The van der Waals surface area contributed by atoms with Gasteiger partial charge in [-0.25, -0.2) is 0 Å². The van der Waals surface area contributed by atoms with Crippen molar-refractivity contribution in [1.82, 2.24) is 0 Å². The van der Waals surface area contributed by atoms with Crippen LogP contribution in [0.5, 0.6) is 0 Å². The minimum Gasteiger partial charge on any atom is -0.397 e. The molecule has 0 aliphatic rings. The molecule has 4 N–H and O–H groups in total. The third kappa shape index (κ3) is 8.08. The van der Waals surface area contributed by atoms with E-state index in [1.807, 2.05) is 6.07 Å². The molecule has 2 heteroatoms. The van der Waals surface area contributed by atoms with Crippen LogP contribution >= 0.6 is 0 Å². The van der Waals surface area contributed by atoms with E-state index in [0.717, 1.165) is 24.2 Å². The Hall–Kier alpha value is -1.18. The zero-order valence-electron chi connectivity index (χ0n) is 16.2. The fraction of sp³-hybridized carbons (Fsp3) is 0.727. The number of hydrogen-bond acceptors (Lipinski definition) is 2. The van der Waals surface area contributed by atoms with Gasteiger partial charge in [0.15, 0.2) is 0 Å². The third-order valence-electron chi connectivity index (χ3n) is 5.07. The largest absolute Gasteiger partial charge is 0.397 e. The maximum Gasteiger partial charge on any atom is 0.0583 e. The zero-order chi connectivity index (χ0) is 17.6. The van der Waals surface area contributed by atoms with E-state index in [1.165, 1.54) is 88.2 Å². The van der Waals surface area contributed by atoms with Gasteiger partial charge in [0.25, 0.3) is 0 Å². The summed E-state index contributed by atoms with van der Waals surface area (Å²) < 4.78 is 0. The SMILES string of the molecule is CCCCCCCCc1ccc(N)c(N)c1CCCCCCCC. The van der Waals surface area contributed by atoms with Crippen molar-refractivity contribution in [2.75, 3.05) is 11.5 Å². The normalized spacial score (nSPS) is 11.1. The lowest BCUT2D eigenvalue weighted by molar-refractivity contribution is 0.599. The van der Waals surface area contributed by atoms with Crippen LogP contribution in [0.25, 0.3) is 0 Å². The Morgan fingerprint density at radius 3 is 1.71 bits per heavy atom. The lowest BCUT2D eigenvalue weighted by Crippen LogP contribution is -2.05. The molecule has 0 spiro atoms. The molecule has 0 atom stereocenters. The van der Waals surface area contributed by atoms with Crippen molar-refractivity contribution in [1.29, 1.82) is 0 Å². The van der Waals surface area contributed by atoms with Crippen molar-refractivity contribution in [3.8, 4) is 0 Å². The number of hydrogen-bond donors (Lipinski definition) is 2. The molecule has 24 heavy (non-hydrogen) atoms. The van der Waals surface area contributed by atoms with Gasteiger partial charge >= 0.3 is 0 Å². The number of nitrogens with two attached hydrogens (primary N) is 2. The molecule has 1 aromatic carbocycles. The molecule has 0 unspecified atom stereocenters. The second-order valence-corrected chi connectivity index (χ2v) is 7.24. The highest BCUT2D eigenvalue weighted by Gasteiger charge is 2.09. The molecule has 2 nitrogen and oxygen atoms in total. The summed E-state index contributed by atoms with van der Waals surface area (Å²) in [5.74, 6) is 0. The monoisotopic (exact) mass is 332 g/mol. The van der Waals surface area contributed by atoms with Crippen molar-refractivity contribution in [3.63, 3.8) is 0 Å². The minimum atomic E-state index is 0.752. The first-order chi connectivity index (χ1) is 11.7. The van der Waals surface area contributed by atoms with E-state index in [-0.39, 0.29) is 0 Å². The van der Waals surface area contributed by atoms with Crippen LogP contribution in [-0.4, -0.2) is 0 Å². The molecule has 0 heterocycles.